The Labute approximate surface area is 127 Å². The van der Waals surface area contributed by atoms with Crippen LogP contribution in [0.15, 0.2) is 30.9 Å². The van der Waals surface area contributed by atoms with Crippen molar-refractivity contribution < 1.29 is 18.4 Å². The van der Waals surface area contributed by atoms with Crippen LogP contribution < -0.4 is 10.6 Å². The predicted octanol–water partition coefficient (Wildman–Crippen LogP) is 2.05. The number of carbonyl (C=O) groups is 2. The van der Waals surface area contributed by atoms with Crippen LogP contribution in [0, 0.1) is 17.6 Å². The Morgan fingerprint density at radius 1 is 1.23 bits per heavy atom. The van der Waals surface area contributed by atoms with Crippen molar-refractivity contribution in [1.29, 1.82) is 0 Å². The molecule has 1 saturated carbocycles. The third kappa shape index (κ3) is 4.38. The molecular weight excluding hydrogens is 290 g/mol. The van der Waals surface area contributed by atoms with E-state index in [-0.39, 0.29) is 30.3 Å². The van der Waals surface area contributed by atoms with Gasteiger partial charge in [-0.2, -0.15) is 0 Å². The van der Waals surface area contributed by atoms with Crippen molar-refractivity contribution in [2.75, 3.05) is 0 Å². The Balaban J connectivity index is 1.83. The highest BCUT2D eigenvalue weighted by Crippen LogP contribution is 2.25. The Bertz CT molecular complexity index is 569. The van der Waals surface area contributed by atoms with Gasteiger partial charge in [0.1, 0.15) is 11.6 Å². The van der Waals surface area contributed by atoms with Crippen LogP contribution in [0.2, 0.25) is 0 Å². The van der Waals surface area contributed by atoms with Gasteiger partial charge in [-0.3, -0.25) is 9.59 Å². The van der Waals surface area contributed by atoms with Crippen LogP contribution >= 0.6 is 0 Å². The molecule has 0 bridgehead atoms. The number of halogens is 2. The van der Waals surface area contributed by atoms with E-state index >= 15 is 0 Å². The van der Waals surface area contributed by atoms with Crippen LogP contribution in [-0.2, 0) is 16.1 Å². The largest absolute Gasteiger partial charge is 0.352 e. The first-order valence-electron chi connectivity index (χ1n) is 7.13. The molecule has 1 aliphatic carbocycles. The summed E-state index contributed by atoms with van der Waals surface area (Å²) in [7, 11) is 0. The van der Waals surface area contributed by atoms with Gasteiger partial charge in [0.05, 0.1) is 0 Å². The maximum atomic E-state index is 13.1. The molecule has 1 aliphatic rings. The normalized spacial score (nSPS) is 20.5. The van der Waals surface area contributed by atoms with Crippen LogP contribution in [0.5, 0.6) is 0 Å². The second-order valence-electron chi connectivity index (χ2n) is 5.42. The molecule has 0 aromatic heterocycles. The second-order valence-corrected chi connectivity index (χ2v) is 5.42. The Morgan fingerprint density at radius 2 is 1.91 bits per heavy atom. The zero-order chi connectivity index (χ0) is 16.1. The van der Waals surface area contributed by atoms with E-state index in [1.54, 1.807) is 0 Å². The summed E-state index contributed by atoms with van der Waals surface area (Å²) >= 11 is 0. The summed E-state index contributed by atoms with van der Waals surface area (Å²) in [5, 5.41) is 5.44. The highest BCUT2D eigenvalue weighted by molar-refractivity contribution is 5.87. The van der Waals surface area contributed by atoms with Crippen molar-refractivity contribution in [1.82, 2.24) is 10.6 Å². The SMILES string of the molecule is C=CC(=O)N[C@H]1CC[C@H](C(=O)NCc2cc(F)cc(F)c2)C1. The molecule has 22 heavy (non-hydrogen) atoms. The molecule has 1 fully saturated rings. The van der Waals surface area contributed by atoms with Crippen LogP contribution in [0.25, 0.3) is 0 Å². The third-order valence-electron chi connectivity index (χ3n) is 3.72. The van der Waals surface area contributed by atoms with Gasteiger partial charge in [0.25, 0.3) is 0 Å². The lowest BCUT2D eigenvalue weighted by atomic mass is 10.1. The quantitative estimate of drug-likeness (QED) is 0.818. The molecule has 2 rings (SSSR count). The van der Waals surface area contributed by atoms with E-state index in [4.69, 9.17) is 0 Å². The van der Waals surface area contributed by atoms with E-state index in [2.05, 4.69) is 17.2 Å². The predicted molar refractivity (Wildman–Crippen MR) is 77.7 cm³/mol. The highest BCUT2D eigenvalue weighted by atomic mass is 19.1. The van der Waals surface area contributed by atoms with Crippen molar-refractivity contribution in [3.05, 3.63) is 48.1 Å². The zero-order valence-corrected chi connectivity index (χ0v) is 12.1. The standard InChI is InChI=1S/C16H18F2N2O2/c1-2-15(21)20-14-4-3-11(7-14)16(22)19-9-10-5-12(17)8-13(18)6-10/h2,5-6,8,11,14H,1,3-4,7,9H2,(H,19,22)(H,20,21)/t11-,14-/m0/s1. The third-order valence-corrected chi connectivity index (χ3v) is 3.72. The minimum Gasteiger partial charge on any atom is -0.352 e. The fourth-order valence-electron chi connectivity index (χ4n) is 2.66. The van der Waals surface area contributed by atoms with Gasteiger partial charge in [-0.15, -0.1) is 0 Å². The zero-order valence-electron chi connectivity index (χ0n) is 12.1. The molecule has 2 atom stereocenters. The lowest BCUT2D eigenvalue weighted by Gasteiger charge is -2.13. The van der Waals surface area contributed by atoms with Gasteiger partial charge in [0.2, 0.25) is 11.8 Å². The molecule has 2 amide bonds. The Morgan fingerprint density at radius 3 is 2.55 bits per heavy atom. The average Bonchev–Trinajstić information content (AvgIpc) is 2.92. The molecule has 6 heteroatoms. The fourth-order valence-corrected chi connectivity index (χ4v) is 2.66. The van der Waals surface area contributed by atoms with Gasteiger partial charge in [-0.05, 0) is 43.0 Å². The summed E-state index contributed by atoms with van der Waals surface area (Å²) in [5.74, 6) is -1.95. The van der Waals surface area contributed by atoms with Gasteiger partial charge < -0.3 is 10.6 Å². The van der Waals surface area contributed by atoms with Crippen LogP contribution in [0.3, 0.4) is 0 Å². The first kappa shape index (κ1) is 16.1. The van der Waals surface area contributed by atoms with E-state index in [0.29, 0.717) is 18.4 Å². The first-order chi connectivity index (χ1) is 10.5. The smallest absolute Gasteiger partial charge is 0.243 e. The van der Waals surface area contributed by atoms with Crippen molar-refractivity contribution >= 4 is 11.8 Å². The summed E-state index contributed by atoms with van der Waals surface area (Å²) in [6.07, 6.45) is 3.16. The van der Waals surface area contributed by atoms with Gasteiger partial charge in [-0.25, -0.2) is 8.78 Å². The number of hydrogen-bond donors (Lipinski definition) is 2. The summed E-state index contributed by atoms with van der Waals surface area (Å²) in [4.78, 5) is 23.3. The van der Waals surface area contributed by atoms with Crippen molar-refractivity contribution in [2.24, 2.45) is 5.92 Å². The lowest BCUT2D eigenvalue weighted by Crippen LogP contribution is -2.33. The number of benzene rings is 1. The minimum absolute atomic E-state index is 0.0344. The van der Waals surface area contributed by atoms with Gasteiger partial charge in [0, 0.05) is 24.6 Å². The molecule has 0 unspecified atom stereocenters. The average molecular weight is 308 g/mol. The van der Waals surface area contributed by atoms with Crippen LogP contribution in [0.4, 0.5) is 8.78 Å². The minimum atomic E-state index is -0.669. The van der Waals surface area contributed by atoms with Crippen LogP contribution in [-0.4, -0.2) is 17.9 Å². The summed E-state index contributed by atoms with van der Waals surface area (Å²) in [6, 6.07) is 3.12. The van der Waals surface area contributed by atoms with E-state index in [0.717, 1.165) is 12.5 Å². The number of amides is 2. The summed E-state index contributed by atoms with van der Waals surface area (Å²) in [5.41, 5.74) is 0.375. The summed E-state index contributed by atoms with van der Waals surface area (Å²) < 4.78 is 26.1. The fraction of sp³-hybridized carbons (Fsp3) is 0.375. The maximum absolute atomic E-state index is 13.1. The van der Waals surface area contributed by atoms with Gasteiger partial charge in [0.15, 0.2) is 0 Å². The van der Waals surface area contributed by atoms with E-state index < -0.39 is 11.6 Å². The monoisotopic (exact) mass is 308 g/mol. The molecule has 1 aromatic carbocycles. The number of rotatable bonds is 5. The second kappa shape index (κ2) is 7.15. The van der Waals surface area contributed by atoms with E-state index in [9.17, 15) is 18.4 Å². The molecule has 0 radical (unpaired) electrons. The Hall–Kier alpha value is -2.24. The van der Waals surface area contributed by atoms with Crippen molar-refractivity contribution in [3.63, 3.8) is 0 Å². The molecule has 2 N–H and O–H groups in total. The topological polar surface area (TPSA) is 58.2 Å². The van der Waals surface area contributed by atoms with Gasteiger partial charge in [-0.1, -0.05) is 6.58 Å². The molecule has 118 valence electrons. The number of hydrogen-bond acceptors (Lipinski definition) is 2. The molecule has 4 nitrogen and oxygen atoms in total. The van der Waals surface area contributed by atoms with E-state index in [1.807, 2.05) is 0 Å². The van der Waals surface area contributed by atoms with Crippen molar-refractivity contribution in [2.45, 2.75) is 31.8 Å². The lowest BCUT2D eigenvalue weighted by molar-refractivity contribution is -0.125. The van der Waals surface area contributed by atoms with Gasteiger partial charge >= 0.3 is 0 Å². The molecule has 0 heterocycles. The highest BCUT2D eigenvalue weighted by Gasteiger charge is 2.30. The van der Waals surface area contributed by atoms with Crippen LogP contribution in [0.1, 0.15) is 24.8 Å². The molecule has 1 aromatic rings. The molecule has 0 saturated heterocycles. The Kier molecular flexibility index (Phi) is 5.25. The summed E-state index contributed by atoms with van der Waals surface area (Å²) in [6.45, 7) is 3.46. The maximum Gasteiger partial charge on any atom is 0.243 e. The molecule has 0 spiro atoms. The van der Waals surface area contributed by atoms with Crippen molar-refractivity contribution in [3.8, 4) is 0 Å². The molecular formula is C16H18F2N2O2. The molecule has 0 aliphatic heterocycles. The van der Waals surface area contributed by atoms with E-state index in [1.165, 1.54) is 18.2 Å². The number of carbonyl (C=O) groups excluding carboxylic acids is 2. The number of nitrogens with one attached hydrogen (secondary N) is 2. The first-order valence-corrected chi connectivity index (χ1v) is 7.13.